The molecule has 2 N–H and O–H groups in total. The third kappa shape index (κ3) is 6.98. The number of benzene rings is 1. The fourth-order valence-corrected chi connectivity index (χ4v) is 3.80. The number of halogens is 3. The van der Waals surface area contributed by atoms with E-state index in [1.165, 1.54) is 0 Å². The summed E-state index contributed by atoms with van der Waals surface area (Å²) >= 11 is 0. The zero-order valence-electron chi connectivity index (χ0n) is 15.7. The predicted octanol–water partition coefficient (Wildman–Crippen LogP) is 3.92. The molecule has 0 saturated heterocycles. The number of hydrogen-bond acceptors (Lipinski definition) is 4. The molecule has 1 amide bonds. The molecule has 156 valence electrons. The van der Waals surface area contributed by atoms with E-state index in [1.807, 2.05) is 30.3 Å². The predicted molar refractivity (Wildman–Crippen MR) is 97.8 cm³/mol. The minimum absolute atomic E-state index is 0.0710. The first-order valence-corrected chi connectivity index (χ1v) is 9.79. The Bertz CT molecular complexity index is 621. The molecular weight excluding hydrogens is 373 g/mol. The summed E-state index contributed by atoms with van der Waals surface area (Å²) in [5.74, 6) is 0. The highest BCUT2D eigenvalue weighted by Crippen LogP contribution is 2.27. The summed E-state index contributed by atoms with van der Waals surface area (Å²) < 4.78 is 47.1. The van der Waals surface area contributed by atoms with Crippen LogP contribution in [0.25, 0.3) is 0 Å². The Balaban J connectivity index is 1.29. The van der Waals surface area contributed by atoms with Gasteiger partial charge in [-0.05, 0) is 44.1 Å². The summed E-state index contributed by atoms with van der Waals surface area (Å²) in [7, 11) is 0. The van der Waals surface area contributed by atoms with Crippen LogP contribution in [0.4, 0.5) is 18.0 Å². The highest BCUT2D eigenvalue weighted by molar-refractivity contribution is 5.67. The van der Waals surface area contributed by atoms with Crippen molar-refractivity contribution in [1.29, 1.82) is 0 Å². The number of ether oxygens (including phenoxy) is 2. The van der Waals surface area contributed by atoms with Gasteiger partial charge in [-0.2, -0.15) is 13.2 Å². The molecule has 1 aromatic rings. The van der Waals surface area contributed by atoms with Gasteiger partial charge in [-0.3, -0.25) is 0 Å². The minimum Gasteiger partial charge on any atom is -0.445 e. The first kappa shape index (κ1) is 20.9. The normalized spacial score (nSPS) is 27.7. The van der Waals surface area contributed by atoms with Crippen molar-refractivity contribution in [2.24, 2.45) is 0 Å². The van der Waals surface area contributed by atoms with Crippen LogP contribution in [0.2, 0.25) is 0 Å². The van der Waals surface area contributed by atoms with Gasteiger partial charge in [0.15, 0.2) is 0 Å². The second kappa shape index (κ2) is 9.60. The molecule has 0 aliphatic heterocycles. The summed E-state index contributed by atoms with van der Waals surface area (Å²) in [6.07, 6.45) is -0.362. The van der Waals surface area contributed by atoms with Gasteiger partial charge in [0, 0.05) is 18.1 Å². The van der Waals surface area contributed by atoms with Crippen molar-refractivity contribution in [3.63, 3.8) is 0 Å². The van der Waals surface area contributed by atoms with Gasteiger partial charge in [-0.15, -0.1) is 0 Å². The average molecular weight is 400 g/mol. The number of carbonyl (C=O) groups excluding carboxylic acids is 1. The van der Waals surface area contributed by atoms with Crippen LogP contribution >= 0.6 is 0 Å². The maximum Gasteiger partial charge on any atom is 0.411 e. The van der Waals surface area contributed by atoms with E-state index in [0.29, 0.717) is 12.8 Å². The summed E-state index contributed by atoms with van der Waals surface area (Å²) in [5, 5.41) is 6.34. The number of hydrogen-bond donors (Lipinski definition) is 2. The Labute approximate surface area is 163 Å². The zero-order valence-corrected chi connectivity index (χ0v) is 15.7. The van der Waals surface area contributed by atoms with E-state index in [1.54, 1.807) is 0 Å². The molecule has 28 heavy (non-hydrogen) atoms. The Kier molecular flexibility index (Phi) is 7.18. The Morgan fingerprint density at radius 2 is 1.79 bits per heavy atom. The van der Waals surface area contributed by atoms with Crippen LogP contribution in [0, 0.1) is 0 Å². The van der Waals surface area contributed by atoms with Crippen LogP contribution in [0.5, 0.6) is 0 Å². The van der Waals surface area contributed by atoms with Gasteiger partial charge in [0.05, 0.1) is 6.10 Å². The lowest BCUT2D eigenvalue weighted by molar-refractivity contribution is -0.188. The molecule has 0 radical (unpaired) electrons. The maximum absolute atomic E-state index is 12.3. The van der Waals surface area contributed by atoms with Crippen LogP contribution in [-0.2, 0) is 16.1 Å². The molecule has 2 aliphatic rings. The van der Waals surface area contributed by atoms with Crippen molar-refractivity contribution in [3.05, 3.63) is 35.9 Å². The van der Waals surface area contributed by atoms with Crippen LogP contribution in [0.3, 0.4) is 0 Å². The molecule has 2 saturated carbocycles. The highest BCUT2D eigenvalue weighted by atomic mass is 19.4. The summed E-state index contributed by atoms with van der Waals surface area (Å²) in [6.45, 7) is -0.937. The van der Waals surface area contributed by atoms with Gasteiger partial charge in [-0.1, -0.05) is 30.3 Å². The second-order valence-electron chi connectivity index (χ2n) is 7.65. The number of alkyl carbamates (subject to hydrolysis) is 1. The van der Waals surface area contributed by atoms with Crippen LogP contribution in [0.15, 0.2) is 30.3 Å². The molecule has 0 heterocycles. The Morgan fingerprint density at radius 3 is 2.50 bits per heavy atom. The molecule has 2 unspecified atom stereocenters. The van der Waals surface area contributed by atoms with Gasteiger partial charge >= 0.3 is 12.3 Å². The van der Waals surface area contributed by atoms with E-state index in [9.17, 15) is 18.0 Å². The first-order valence-electron chi connectivity index (χ1n) is 9.79. The second-order valence-corrected chi connectivity index (χ2v) is 7.65. The zero-order chi connectivity index (χ0) is 20.0. The first-order chi connectivity index (χ1) is 13.4. The molecule has 2 aliphatic carbocycles. The fraction of sp³-hybridized carbons (Fsp3) is 0.650. The molecule has 8 heteroatoms. The summed E-state index contributed by atoms with van der Waals surface area (Å²) in [4.78, 5) is 11.9. The third-order valence-electron chi connectivity index (χ3n) is 5.25. The van der Waals surface area contributed by atoms with E-state index in [0.717, 1.165) is 31.2 Å². The number of amides is 1. The largest absolute Gasteiger partial charge is 0.445 e. The van der Waals surface area contributed by atoms with Crippen molar-refractivity contribution >= 4 is 6.09 Å². The molecule has 2 atom stereocenters. The van der Waals surface area contributed by atoms with E-state index in [4.69, 9.17) is 9.47 Å². The van der Waals surface area contributed by atoms with Gasteiger partial charge in [0.1, 0.15) is 13.2 Å². The monoisotopic (exact) mass is 400 g/mol. The quantitative estimate of drug-likeness (QED) is 0.728. The summed E-state index contributed by atoms with van der Waals surface area (Å²) in [5.41, 5.74) is 0.936. The van der Waals surface area contributed by atoms with E-state index >= 15 is 0 Å². The van der Waals surface area contributed by atoms with Crippen molar-refractivity contribution in [2.45, 2.75) is 75.5 Å². The molecule has 1 aromatic carbocycles. The number of rotatable bonds is 7. The van der Waals surface area contributed by atoms with Crippen LogP contribution < -0.4 is 10.6 Å². The fourth-order valence-electron chi connectivity index (χ4n) is 3.80. The molecule has 5 nitrogen and oxygen atoms in total. The van der Waals surface area contributed by atoms with Crippen molar-refractivity contribution < 1.29 is 27.4 Å². The Hall–Kier alpha value is -1.80. The molecule has 3 rings (SSSR count). The number of nitrogens with one attached hydrogen (secondary N) is 2. The number of carbonyl (C=O) groups is 1. The summed E-state index contributed by atoms with van der Waals surface area (Å²) in [6, 6.07) is 9.99. The lowest BCUT2D eigenvalue weighted by atomic mass is 9.84. The van der Waals surface area contributed by atoms with Crippen molar-refractivity contribution in [3.8, 4) is 0 Å². The van der Waals surface area contributed by atoms with Gasteiger partial charge in [0.25, 0.3) is 0 Å². The SMILES string of the molecule is O=C(NC1CC(NC2CCCC(OCC(F)(F)F)C2)C1)OCc1ccccc1. The Morgan fingerprint density at radius 1 is 1.04 bits per heavy atom. The number of alkyl halides is 3. The standard InChI is InChI=1S/C20H27F3N2O3/c21-20(22,23)13-28-18-8-4-7-15(11-18)24-16-9-17(10-16)25-19(26)27-12-14-5-2-1-3-6-14/h1-3,5-6,15-18,24H,4,7-13H2,(H,25,26). The highest BCUT2D eigenvalue weighted by Gasteiger charge is 2.35. The lowest BCUT2D eigenvalue weighted by Crippen LogP contribution is -2.55. The van der Waals surface area contributed by atoms with Crippen LogP contribution in [0.1, 0.15) is 44.1 Å². The maximum atomic E-state index is 12.3. The van der Waals surface area contributed by atoms with E-state index in [2.05, 4.69) is 10.6 Å². The van der Waals surface area contributed by atoms with Gasteiger partial charge in [0.2, 0.25) is 0 Å². The minimum atomic E-state index is -4.28. The van der Waals surface area contributed by atoms with Crippen molar-refractivity contribution in [1.82, 2.24) is 10.6 Å². The lowest BCUT2D eigenvalue weighted by Gasteiger charge is -2.40. The van der Waals surface area contributed by atoms with E-state index < -0.39 is 18.9 Å². The van der Waals surface area contributed by atoms with Crippen LogP contribution in [-0.4, -0.2) is 43.1 Å². The molecule has 2 fully saturated rings. The molecule has 0 spiro atoms. The average Bonchev–Trinajstić information content (AvgIpc) is 2.64. The van der Waals surface area contributed by atoms with Crippen molar-refractivity contribution in [2.75, 3.05) is 6.61 Å². The topological polar surface area (TPSA) is 59.6 Å². The van der Waals surface area contributed by atoms with E-state index in [-0.39, 0.29) is 30.8 Å². The third-order valence-corrected chi connectivity index (χ3v) is 5.25. The van der Waals surface area contributed by atoms with Gasteiger partial charge in [-0.25, -0.2) is 4.79 Å². The molecular formula is C20H27F3N2O3. The van der Waals surface area contributed by atoms with Gasteiger partial charge < -0.3 is 20.1 Å². The smallest absolute Gasteiger partial charge is 0.411 e. The molecule has 0 aromatic heterocycles. The molecule has 0 bridgehead atoms.